The van der Waals surface area contributed by atoms with Crippen LogP contribution in [0, 0.1) is 0 Å². The molecule has 1 amide bonds. The second-order valence-corrected chi connectivity index (χ2v) is 3.65. The third kappa shape index (κ3) is 5.65. The zero-order valence-electron chi connectivity index (χ0n) is 10.9. The molecule has 0 radical (unpaired) electrons. The lowest BCUT2D eigenvalue weighted by atomic mass is 10.3. The summed E-state index contributed by atoms with van der Waals surface area (Å²) in [7, 11) is 1.73. The van der Waals surface area contributed by atoms with Crippen molar-refractivity contribution in [1.29, 1.82) is 0 Å². The minimum absolute atomic E-state index is 0.0797. The first-order chi connectivity index (χ1) is 8.76. The predicted molar refractivity (Wildman–Crippen MR) is 71.0 cm³/mol. The second-order valence-electron chi connectivity index (χ2n) is 3.65. The highest BCUT2D eigenvalue weighted by molar-refractivity contribution is 5.92. The van der Waals surface area contributed by atoms with E-state index >= 15 is 0 Å². The van der Waals surface area contributed by atoms with Gasteiger partial charge in [0.25, 0.3) is 0 Å². The van der Waals surface area contributed by atoms with Gasteiger partial charge in [-0.15, -0.1) is 0 Å². The molecular weight excluding hydrogens is 232 g/mol. The highest BCUT2D eigenvalue weighted by Gasteiger charge is 2.01. The second kappa shape index (κ2) is 8.49. The summed E-state index contributed by atoms with van der Waals surface area (Å²) in [5.41, 5.74) is 0.726. The number of amides is 1. The van der Waals surface area contributed by atoms with Crippen molar-refractivity contribution < 1.29 is 14.3 Å². The van der Waals surface area contributed by atoms with Gasteiger partial charge in [-0.05, 0) is 26.1 Å². The molecule has 0 spiro atoms. The number of ether oxygens (including phenoxy) is 2. The van der Waals surface area contributed by atoms with E-state index in [2.05, 4.69) is 10.6 Å². The smallest absolute Gasteiger partial charge is 0.238 e. The fourth-order valence-corrected chi connectivity index (χ4v) is 1.39. The van der Waals surface area contributed by atoms with E-state index in [4.69, 9.17) is 9.47 Å². The van der Waals surface area contributed by atoms with Crippen LogP contribution in [0.2, 0.25) is 0 Å². The number of carbonyl (C=O) groups is 1. The zero-order valence-corrected chi connectivity index (χ0v) is 10.9. The van der Waals surface area contributed by atoms with Crippen LogP contribution in [0.5, 0.6) is 5.75 Å². The lowest BCUT2D eigenvalue weighted by Crippen LogP contribution is -2.25. The molecule has 0 unspecified atom stereocenters. The van der Waals surface area contributed by atoms with Crippen molar-refractivity contribution in [3.05, 3.63) is 24.3 Å². The quantitative estimate of drug-likeness (QED) is 0.684. The van der Waals surface area contributed by atoms with Gasteiger partial charge in [0.2, 0.25) is 5.91 Å². The van der Waals surface area contributed by atoms with Crippen molar-refractivity contribution in [2.45, 2.75) is 6.92 Å². The van der Waals surface area contributed by atoms with Crippen LogP contribution < -0.4 is 15.4 Å². The van der Waals surface area contributed by atoms with Crippen molar-refractivity contribution in [3.63, 3.8) is 0 Å². The molecule has 0 saturated heterocycles. The Morgan fingerprint density at radius 1 is 1.33 bits per heavy atom. The number of benzene rings is 1. The van der Waals surface area contributed by atoms with Gasteiger partial charge in [-0.1, -0.05) is 6.07 Å². The fraction of sp³-hybridized carbons (Fsp3) is 0.462. The van der Waals surface area contributed by atoms with Crippen molar-refractivity contribution in [1.82, 2.24) is 5.32 Å². The maximum absolute atomic E-state index is 11.4. The van der Waals surface area contributed by atoms with Gasteiger partial charge in [0.15, 0.2) is 0 Å². The Morgan fingerprint density at radius 2 is 2.17 bits per heavy atom. The van der Waals surface area contributed by atoms with Gasteiger partial charge in [0, 0.05) is 18.4 Å². The minimum Gasteiger partial charge on any atom is -0.491 e. The van der Waals surface area contributed by atoms with Crippen LogP contribution in [0.3, 0.4) is 0 Å². The van der Waals surface area contributed by atoms with Gasteiger partial charge >= 0.3 is 0 Å². The van der Waals surface area contributed by atoms with Crippen molar-refractivity contribution >= 4 is 11.6 Å². The standard InChI is InChI=1S/C13H20N2O3/c1-3-17-7-8-18-12-6-4-5-11(9-12)15-13(16)10-14-2/h4-6,9,14H,3,7-8,10H2,1-2H3,(H,15,16). The Morgan fingerprint density at radius 3 is 2.89 bits per heavy atom. The molecule has 0 heterocycles. The number of hydrogen-bond donors (Lipinski definition) is 2. The van der Waals surface area contributed by atoms with E-state index < -0.39 is 0 Å². The maximum Gasteiger partial charge on any atom is 0.238 e. The van der Waals surface area contributed by atoms with Gasteiger partial charge in [-0.2, -0.15) is 0 Å². The number of carbonyl (C=O) groups excluding carboxylic acids is 1. The third-order valence-corrected chi connectivity index (χ3v) is 2.16. The van der Waals surface area contributed by atoms with Gasteiger partial charge in [0.05, 0.1) is 13.2 Å². The summed E-state index contributed by atoms with van der Waals surface area (Å²) in [6.45, 7) is 3.98. The number of nitrogens with one attached hydrogen (secondary N) is 2. The molecule has 1 aromatic rings. The Labute approximate surface area is 107 Å². The largest absolute Gasteiger partial charge is 0.491 e. The Balaban J connectivity index is 2.43. The van der Waals surface area contributed by atoms with Crippen LogP contribution in [0.25, 0.3) is 0 Å². The molecule has 0 aliphatic carbocycles. The Kier molecular flexibility index (Phi) is 6.83. The summed E-state index contributed by atoms with van der Waals surface area (Å²) >= 11 is 0. The predicted octanol–water partition coefficient (Wildman–Crippen LogP) is 1.26. The molecule has 0 bridgehead atoms. The highest BCUT2D eigenvalue weighted by atomic mass is 16.5. The van der Waals surface area contributed by atoms with E-state index in [9.17, 15) is 4.79 Å². The number of hydrogen-bond acceptors (Lipinski definition) is 4. The molecular formula is C13H20N2O3. The minimum atomic E-state index is -0.0797. The average Bonchev–Trinajstić information content (AvgIpc) is 2.35. The third-order valence-electron chi connectivity index (χ3n) is 2.16. The first kappa shape index (κ1) is 14.5. The molecule has 0 aliphatic heterocycles. The Hall–Kier alpha value is -1.59. The average molecular weight is 252 g/mol. The lowest BCUT2D eigenvalue weighted by Gasteiger charge is -2.09. The molecule has 18 heavy (non-hydrogen) atoms. The van der Waals surface area contributed by atoms with Crippen LogP contribution in [-0.4, -0.2) is 39.3 Å². The molecule has 100 valence electrons. The summed E-state index contributed by atoms with van der Waals surface area (Å²) in [4.78, 5) is 11.4. The van der Waals surface area contributed by atoms with Gasteiger partial charge in [-0.3, -0.25) is 4.79 Å². The first-order valence-corrected chi connectivity index (χ1v) is 6.01. The van der Waals surface area contributed by atoms with E-state index in [1.54, 1.807) is 13.1 Å². The lowest BCUT2D eigenvalue weighted by molar-refractivity contribution is -0.115. The fourth-order valence-electron chi connectivity index (χ4n) is 1.39. The van der Waals surface area contributed by atoms with E-state index in [0.717, 1.165) is 11.4 Å². The molecule has 0 aromatic heterocycles. The Bertz CT molecular complexity index is 369. The topological polar surface area (TPSA) is 59.6 Å². The molecule has 1 rings (SSSR count). The molecule has 0 saturated carbocycles. The SMILES string of the molecule is CCOCCOc1cccc(NC(=O)CNC)c1. The van der Waals surface area contributed by atoms with Gasteiger partial charge in [0.1, 0.15) is 12.4 Å². The zero-order chi connectivity index (χ0) is 13.2. The van der Waals surface area contributed by atoms with Crippen LogP contribution >= 0.6 is 0 Å². The molecule has 2 N–H and O–H groups in total. The van der Waals surface area contributed by atoms with E-state index in [0.29, 0.717) is 19.8 Å². The van der Waals surface area contributed by atoms with Crippen LogP contribution in [-0.2, 0) is 9.53 Å². The van der Waals surface area contributed by atoms with Crippen molar-refractivity contribution in [2.24, 2.45) is 0 Å². The summed E-state index contributed by atoms with van der Waals surface area (Å²) in [5, 5.41) is 5.56. The van der Waals surface area contributed by atoms with Crippen LogP contribution in [0.1, 0.15) is 6.92 Å². The summed E-state index contributed by atoms with van der Waals surface area (Å²) in [6, 6.07) is 7.30. The highest BCUT2D eigenvalue weighted by Crippen LogP contribution is 2.17. The normalized spacial score (nSPS) is 10.1. The summed E-state index contributed by atoms with van der Waals surface area (Å²) in [5.74, 6) is 0.640. The van der Waals surface area contributed by atoms with Crippen molar-refractivity contribution in [3.8, 4) is 5.75 Å². The molecule has 0 fully saturated rings. The molecule has 0 atom stereocenters. The maximum atomic E-state index is 11.4. The van der Waals surface area contributed by atoms with E-state index in [1.807, 2.05) is 25.1 Å². The molecule has 0 aliphatic rings. The summed E-state index contributed by atoms with van der Waals surface area (Å²) < 4.78 is 10.7. The monoisotopic (exact) mass is 252 g/mol. The van der Waals surface area contributed by atoms with E-state index in [-0.39, 0.29) is 12.5 Å². The van der Waals surface area contributed by atoms with Crippen LogP contribution in [0.4, 0.5) is 5.69 Å². The molecule has 5 nitrogen and oxygen atoms in total. The number of anilines is 1. The molecule has 5 heteroatoms. The summed E-state index contributed by atoms with van der Waals surface area (Å²) in [6.07, 6.45) is 0. The number of likely N-dealkylation sites (N-methyl/N-ethyl adjacent to an activating group) is 1. The van der Waals surface area contributed by atoms with Gasteiger partial charge in [-0.25, -0.2) is 0 Å². The first-order valence-electron chi connectivity index (χ1n) is 6.01. The molecule has 1 aromatic carbocycles. The van der Waals surface area contributed by atoms with Crippen LogP contribution in [0.15, 0.2) is 24.3 Å². The number of rotatable bonds is 8. The van der Waals surface area contributed by atoms with E-state index in [1.165, 1.54) is 0 Å². The van der Waals surface area contributed by atoms with Crippen molar-refractivity contribution in [2.75, 3.05) is 38.7 Å². The van der Waals surface area contributed by atoms with Gasteiger partial charge < -0.3 is 20.1 Å².